The predicted octanol–water partition coefficient (Wildman–Crippen LogP) is 1.49. The van der Waals surface area contributed by atoms with E-state index in [2.05, 4.69) is 24.1 Å². The SMILES string of the molecule is CCCNCC(C)CN1CC2CCC(C1)O2. The summed E-state index contributed by atoms with van der Waals surface area (Å²) in [6.07, 6.45) is 4.87. The van der Waals surface area contributed by atoms with Crippen LogP contribution >= 0.6 is 0 Å². The summed E-state index contributed by atoms with van der Waals surface area (Å²) >= 11 is 0. The van der Waals surface area contributed by atoms with Crippen LogP contribution < -0.4 is 5.32 Å². The molecule has 2 fully saturated rings. The quantitative estimate of drug-likeness (QED) is 0.694. The van der Waals surface area contributed by atoms with Crippen LogP contribution in [0.1, 0.15) is 33.1 Å². The van der Waals surface area contributed by atoms with Crippen LogP contribution in [0.15, 0.2) is 0 Å². The van der Waals surface area contributed by atoms with E-state index in [1.807, 2.05) is 0 Å². The zero-order chi connectivity index (χ0) is 11.4. The fourth-order valence-electron chi connectivity index (χ4n) is 2.88. The van der Waals surface area contributed by atoms with E-state index >= 15 is 0 Å². The zero-order valence-corrected chi connectivity index (χ0v) is 10.7. The maximum Gasteiger partial charge on any atom is 0.0707 e. The maximum absolute atomic E-state index is 5.85. The second kappa shape index (κ2) is 5.99. The van der Waals surface area contributed by atoms with Crippen molar-refractivity contribution in [3.63, 3.8) is 0 Å². The third kappa shape index (κ3) is 3.44. The zero-order valence-electron chi connectivity index (χ0n) is 10.7. The molecule has 3 atom stereocenters. The second-order valence-electron chi connectivity index (χ2n) is 5.49. The van der Waals surface area contributed by atoms with E-state index in [0.717, 1.165) is 32.1 Å². The smallest absolute Gasteiger partial charge is 0.0707 e. The molecule has 0 aromatic heterocycles. The fourth-order valence-corrected chi connectivity index (χ4v) is 2.88. The summed E-state index contributed by atoms with van der Waals surface area (Å²) in [5, 5.41) is 3.50. The fraction of sp³-hybridized carbons (Fsp3) is 1.00. The highest BCUT2D eigenvalue weighted by Gasteiger charge is 2.33. The molecule has 0 spiro atoms. The van der Waals surface area contributed by atoms with Gasteiger partial charge in [-0.1, -0.05) is 13.8 Å². The van der Waals surface area contributed by atoms with Gasteiger partial charge in [-0.05, 0) is 38.3 Å². The van der Waals surface area contributed by atoms with E-state index in [4.69, 9.17) is 4.74 Å². The van der Waals surface area contributed by atoms with Crippen molar-refractivity contribution >= 4 is 0 Å². The lowest BCUT2D eigenvalue weighted by Gasteiger charge is -2.33. The molecule has 2 saturated heterocycles. The Kier molecular flexibility index (Phi) is 4.62. The first kappa shape index (κ1) is 12.3. The van der Waals surface area contributed by atoms with E-state index < -0.39 is 0 Å². The number of morpholine rings is 1. The Morgan fingerprint density at radius 2 is 2.00 bits per heavy atom. The number of ether oxygens (including phenoxy) is 1. The molecule has 2 aliphatic rings. The van der Waals surface area contributed by atoms with Gasteiger partial charge in [0.2, 0.25) is 0 Å². The van der Waals surface area contributed by atoms with E-state index in [1.54, 1.807) is 0 Å². The van der Waals surface area contributed by atoms with Gasteiger partial charge in [0.05, 0.1) is 12.2 Å². The number of hydrogen-bond donors (Lipinski definition) is 1. The lowest BCUT2D eigenvalue weighted by atomic mass is 10.1. The molecule has 94 valence electrons. The minimum atomic E-state index is 0.537. The van der Waals surface area contributed by atoms with Crippen LogP contribution in [0.5, 0.6) is 0 Å². The van der Waals surface area contributed by atoms with Crippen LogP contribution in [0.25, 0.3) is 0 Å². The molecule has 2 bridgehead atoms. The number of rotatable bonds is 6. The molecule has 1 N–H and O–H groups in total. The highest BCUT2D eigenvalue weighted by atomic mass is 16.5. The molecule has 3 unspecified atom stereocenters. The molecular weight excluding hydrogens is 200 g/mol. The van der Waals surface area contributed by atoms with Crippen molar-refractivity contribution in [2.75, 3.05) is 32.7 Å². The standard InChI is InChI=1S/C13H26N2O/c1-3-6-14-7-11(2)8-15-9-12-4-5-13(10-15)16-12/h11-14H,3-10H2,1-2H3. The number of fused-ring (bicyclic) bond motifs is 2. The summed E-state index contributed by atoms with van der Waals surface area (Å²) < 4.78 is 5.85. The van der Waals surface area contributed by atoms with Gasteiger partial charge in [-0.25, -0.2) is 0 Å². The molecule has 3 nitrogen and oxygen atoms in total. The number of likely N-dealkylation sites (tertiary alicyclic amines) is 1. The first-order valence-electron chi connectivity index (χ1n) is 6.86. The van der Waals surface area contributed by atoms with Gasteiger partial charge in [-0.2, -0.15) is 0 Å². The Morgan fingerprint density at radius 3 is 2.62 bits per heavy atom. The summed E-state index contributed by atoms with van der Waals surface area (Å²) in [6, 6.07) is 0. The highest BCUT2D eigenvalue weighted by molar-refractivity contribution is 4.85. The van der Waals surface area contributed by atoms with Crippen LogP contribution in [0, 0.1) is 5.92 Å². The molecule has 16 heavy (non-hydrogen) atoms. The van der Waals surface area contributed by atoms with Crippen molar-refractivity contribution in [1.82, 2.24) is 10.2 Å². The summed E-state index contributed by atoms with van der Waals surface area (Å²) in [5.74, 6) is 0.754. The van der Waals surface area contributed by atoms with E-state index in [9.17, 15) is 0 Å². The first-order chi connectivity index (χ1) is 7.78. The summed E-state index contributed by atoms with van der Waals surface area (Å²) in [7, 11) is 0. The van der Waals surface area contributed by atoms with Gasteiger partial charge in [0, 0.05) is 19.6 Å². The monoisotopic (exact) mass is 226 g/mol. The maximum atomic E-state index is 5.85. The Balaban J connectivity index is 1.65. The molecule has 0 aromatic carbocycles. The van der Waals surface area contributed by atoms with Gasteiger partial charge in [0.25, 0.3) is 0 Å². The van der Waals surface area contributed by atoms with Gasteiger partial charge in [0.1, 0.15) is 0 Å². The second-order valence-corrected chi connectivity index (χ2v) is 5.49. The molecule has 0 aromatic rings. The van der Waals surface area contributed by atoms with Crippen LogP contribution in [-0.4, -0.2) is 49.8 Å². The van der Waals surface area contributed by atoms with E-state index in [0.29, 0.717) is 12.2 Å². The molecule has 2 heterocycles. The predicted molar refractivity (Wildman–Crippen MR) is 66.7 cm³/mol. The van der Waals surface area contributed by atoms with Gasteiger partial charge < -0.3 is 10.1 Å². The van der Waals surface area contributed by atoms with Crippen molar-refractivity contribution in [2.24, 2.45) is 5.92 Å². The Hall–Kier alpha value is -0.120. The van der Waals surface area contributed by atoms with Crippen LogP contribution in [0.4, 0.5) is 0 Å². The van der Waals surface area contributed by atoms with Crippen LogP contribution in [-0.2, 0) is 4.74 Å². The lowest BCUT2D eigenvalue weighted by molar-refractivity contribution is -0.0417. The Morgan fingerprint density at radius 1 is 1.31 bits per heavy atom. The third-order valence-electron chi connectivity index (χ3n) is 3.61. The van der Waals surface area contributed by atoms with Gasteiger partial charge in [-0.15, -0.1) is 0 Å². The summed E-state index contributed by atoms with van der Waals surface area (Å²) in [4.78, 5) is 2.60. The normalized spacial score (nSPS) is 31.9. The molecule has 3 heteroatoms. The number of nitrogens with zero attached hydrogens (tertiary/aromatic N) is 1. The Bertz CT molecular complexity index is 198. The van der Waals surface area contributed by atoms with E-state index in [1.165, 1.54) is 25.8 Å². The number of hydrogen-bond acceptors (Lipinski definition) is 3. The molecule has 0 amide bonds. The van der Waals surface area contributed by atoms with Crippen LogP contribution in [0.2, 0.25) is 0 Å². The summed E-state index contributed by atoms with van der Waals surface area (Å²) in [5.41, 5.74) is 0. The molecule has 0 saturated carbocycles. The van der Waals surface area contributed by atoms with Crippen molar-refractivity contribution in [1.29, 1.82) is 0 Å². The van der Waals surface area contributed by atoms with Gasteiger partial charge in [-0.3, -0.25) is 4.90 Å². The molecule has 2 aliphatic heterocycles. The van der Waals surface area contributed by atoms with Crippen LogP contribution in [0.3, 0.4) is 0 Å². The lowest BCUT2D eigenvalue weighted by Crippen LogP contribution is -2.45. The Labute approximate surface area is 99.5 Å². The molecular formula is C13H26N2O. The van der Waals surface area contributed by atoms with Crippen molar-refractivity contribution in [2.45, 2.75) is 45.3 Å². The van der Waals surface area contributed by atoms with Gasteiger partial charge >= 0.3 is 0 Å². The molecule has 0 aliphatic carbocycles. The minimum absolute atomic E-state index is 0.537. The topological polar surface area (TPSA) is 24.5 Å². The average molecular weight is 226 g/mol. The molecule has 0 radical (unpaired) electrons. The summed E-state index contributed by atoms with van der Waals surface area (Å²) in [6.45, 7) is 10.4. The van der Waals surface area contributed by atoms with Crippen molar-refractivity contribution in [3.05, 3.63) is 0 Å². The largest absolute Gasteiger partial charge is 0.372 e. The number of nitrogens with one attached hydrogen (secondary N) is 1. The van der Waals surface area contributed by atoms with Crippen molar-refractivity contribution in [3.8, 4) is 0 Å². The van der Waals surface area contributed by atoms with E-state index in [-0.39, 0.29) is 0 Å². The average Bonchev–Trinajstić information content (AvgIpc) is 2.58. The first-order valence-corrected chi connectivity index (χ1v) is 6.86. The molecule has 2 rings (SSSR count). The minimum Gasteiger partial charge on any atom is -0.372 e. The highest BCUT2D eigenvalue weighted by Crippen LogP contribution is 2.26. The van der Waals surface area contributed by atoms with Gasteiger partial charge in [0.15, 0.2) is 0 Å². The third-order valence-corrected chi connectivity index (χ3v) is 3.61. The van der Waals surface area contributed by atoms with Crippen molar-refractivity contribution < 1.29 is 4.74 Å².